The summed E-state index contributed by atoms with van der Waals surface area (Å²) in [6, 6.07) is 30.8. The highest BCUT2D eigenvalue weighted by atomic mass is 15.2. The van der Waals surface area contributed by atoms with E-state index in [2.05, 4.69) is 114 Å². The van der Waals surface area contributed by atoms with Crippen LogP contribution in [0.3, 0.4) is 0 Å². The second kappa shape index (κ2) is 8.42. The smallest absolute Gasteiger partial charge is 0.115 e. The first kappa shape index (κ1) is 22.8. The lowest BCUT2D eigenvalue weighted by Crippen LogP contribution is -2.30. The van der Waals surface area contributed by atoms with E-state index < -0.39 is 0 Å². The summed E-state index contributed by atoms with van der Waals surface area (Å²) in [5.41, 5.74) is 9.89. The third-order valence-corrected chi connectivity index (χ3v) is 8.31. The van der Waals surface area contributed by atoms with Crippen molar-refractivity contribution in [3.63, 3.8) is 0 Å². The molecular formula is C35H25N5. The van der Waals surface area contributed by atoms with Gasteiger partial charge in [0.1, 0.15) is 6.33 Å². The van der Waals surface area contributed by atoms with Crippen molar-refractivity contribution in [2.75, 3.05) is 4.90 Å². The molecular weight excluding hydrogens is 490 g/mol. The molecule has 7 aromatic rings. The third-order valence-electron chi connectivity index (χ3n) is 8.31. The standard InChI is InChI=1S/C35H25N5/c1-35(2)29-7-3-5-9-31(29)40(32-10-6-4-8-30(32)35)24-12-14-26-27(18-24)25-13-11-22(23-19-36-21-37-20-23)17-28(25)34-33(26)38-15-16-39-34/h3-21H,1-2H3. The van der Waals surface area contributed by atoms with Crippen molar-refractivity contribution in [1.82, 2.24) is 19.9 Å². The SMILES string of the molecule is CC1(C)c2ccccc2N(c2ccc3c(c2)c2ccc(-c4cncnc4)cc2c2nccnc32)c2ccccc21. The Bertz CT molecular complexity index is 2050. The van der Waals surface area contributed by atoms with Gasteiger partial charge in [0.05, 0.1) is 22.4 Å². The number of anilines is 3. The van der Waals surface area contributed by atoms with Gasteiger partial charge in [0.25, 0.3) is 0 Å². The van der Waals surface area contributed by atoms with Crippen LogP contribution in [0.25, 0.3) is 43.7 Å². The average Bonchev–Trinajstić information content (AvgIpc) is 3.01. The Balaban J connectivity index is 1.43. The second-order valence-corrected chi connectivity index (χ2v) is 10.9. The maximum atomic E-state index is 4.79. The first-order valence-corrected chi connectivity index (χ1v) is 13.5. The molecule has 5 heteroatoms. The molecule has 40 heavy (non-hydrogen) atoms. The Morgan fingerprint density at radius 1 is 0.575 bits per heavy atom. The van der Waals surface area contributed by atoms with Crippen LogP contribution >= 0.6 is 0 Å². The monoisotopic (exact) mass is 515 g/mol. The van der Waals surface area contributed by atoms with E-state index in [0.29, 0.717) is 0 Å². The fraction of sp³-hybridized carbons (Fsp3) is 0.0857. The van der Waals surface area contributed by atoms with Gasteiger partial charge >= 0.3 is 0 Å². The minimum Gasteiger partial charge on any atom is -0.310 e. The molecule has 0 saturated heterocycles. The van der Waals surface area contributed by atoms with Gasteiger partial charge in [-0.3, -0.25) is 9.97 Å². The van der Waals surface area contributed by atoms with Crippen LogP contribution in [0.5, 0.6) is 0 Å². The normalized spacial score (nSPS) is 13.9. The van der Waals surface area contributed by atoms with Crippen LogP contribution in [0.15, 0.2) is 116 Å². The van der Waals surface area contributed by atoms with E-state index in [1.165, 1.54) is 22.5 Å². The number of hydrogen-bond donors (Lipinski definition) is 0. The van der Waals surface area contributed by atoms with Crippen LogP contribution in [0.2, 0.25) is 0 Å². The number of aromatic nitrogens is 4. The molecule has 0 amide bonds. The molecule has 190 valence electrons. The van der Waals surface area contributed by atoms with E-state index >= 15 is 0 Å². The minimum atomic E-state index is -0.101. The Labute approximate surface area is 231 Å². The Kier molecular flexibility index (Phi) is 4.80. The zero-order valence-electron chi connectivity index (χ0n) is 22.2. The van der Waals surface area contributed by atoms with E-state index in [0.717, 1.165) is 49.4 Å². The summed E-state index contributed by atoms with van der Waals surface area (Å²) in [7, 11) is 0. The number of fused-ring (bicyclic) bond motifs is 8. The summed E-state index contributed by atoms with van der Waals surface area (Å²) in [5.74, 6) is 0. The fourth-order valence-corrected chi connectivity index (χ4v) is 6.38. The number of para-hydroxylation sites is 2. The maximum Gasteiger partial charge on any atom is 0.115 e. The maximum absolute atomic E-state index is 4.79. The van der Waals surface area contributed by atoms with Gasteiger partial charge in [-0.05, 0) is 57.8 Å². The second-order valence-electron chi connectivity index (χ2n) is 10.9. The fourth-order valence-electron chi connectivity index (χ4n) is 6.38. The summed E-state index contributed by atoms with van der Waals surface area (Å²) in [6.45, 7) is 4.63. The number of hydrogen-bond acceptors (Lipinski definition) is 5. The molecule has 0 aliphatic carbocycles. The molecule has 0 saturated carbocycles. The molecule has 0 unspecified atom stereocenters. The molecule has 2 aromatic heterocycles. The van der Waals surface area contributed by atoms with Crippen LogP contribution in [-0.2, 0) is 5.41 Å². The van der Waals surface area contributed by atoms with Gasteiger partial charge in [0.2, 0.25) is 0 Å². The van der Waals surface area contributed by atoms with E-state index in [-0.39, 0.29) is 5.41 Å². The summed E-state index contributed by atoms with van der Waals surface area (Å²) >= 11 is 0. The third kappa shape index (κ3) is 3.21. The Hall–Kier alpha value is -5.16. The van der Waals surface area contributed by atoms with Gasteiger partial charge in [-0.15, -0.1) is 0 Å². The van der Waals surface area contributed by atoms with Gasteiger partial charge in [-0.1, -0.05) is 68.4 Å². The topological polar surface area (TPSA) is 54.8 Å². The molecule has 0 spiro atoms. The van der Waals surface area contributed by atoms with Crippen LogP contribution in [0.1, 0.15) is 25.0 Å². The molecule has 8 rings (SSSR count). The van der Waals surface area contributed by atoms with Crippen LogP contribution < -0.4 is 4.90 Å². The molecule has 1 aliphatic heterocycles. The van der Waals surface area contributed by atoms with Gasteiger partial charge in [-0.25, -0.2) is 9.97 Å². The highest BCUT2D eigenvalue weighted by molar-refractivity contribution is 6.24. The highest BCUT2D eigenvalue weighted by Crippen LogP contribution is 2.52. The predicted molar refractivity (Wildman–Crippen MR) is 162 cm³/mol. The highest BCUT2D eigenvalue weighted by Gasteiger charge is 2.36. The molecule has 3 heterocycles. The molecule has 0 atom stereocenters. The van der Waals surface area contributed by atoms with Gasteiger partial charge in [0.15, 0.2) is 0 Å². The zero-order valence-corrected chi connectivity index (χ0v) is 22.2. The summed E-state index contributed by atoms with van der Waals surface area (Å²) in [4.78, 5) is 20.4. The lowest BCUT2D eigenvalue weighted by molar-refractivity contribution is 0.632. The van der Waals surface area contributed by atoms with Crippen molar-refractivity contribution in [3.8, 4) is 11.1 Å². The number of rotatable bonds is 2. The average molecular weight is 516 g/mol. The number of benzene rings is 5. The van der Waals surface area contributed by atoms with Crippen LogP contribution in [0.4, 0.5) is 17.1 Å². The Morgan fingerprint density at radius 2 is 1.20 bits per heavy atom. The summed E-state index contributed by atoms with van der Waals surface area (Å²) < 4.78 is 0. The van der Waals surface area contributed by atoms with Crippen molar-refractivity contribution < 1.29 is 0 Å². The summed E-state index contributed by atoms with van der Waals surface area (Å²) in [5, 5.41) is 4.45. The molecule has 1 aliphatic rings. The van der Waals surface area contributed by atoms with E-state index in [4.69, 9.17) is 9.97 Å². The van der Waals surface area contributed by atoms with Crippen molar-refractivity contribution in [2.24, 2.45) is 0 Å². The predicted octanol–water partition coefficient (Wildman–Crippen LogP) is 8.50. The van der Waals surface area contributed by atoms with E-state index in [1.807, 2.05) is 12.4 Å². The Morgan fingerprint density at radius 3 is 1.90 bits per heavy atom. The van der Waals surface area contributed by atoms with Crippen LogP contribution in [-0.4, -0.2) is 19.9 Å². The quantitative estimate of drug-likeness (QED) is 0.216. The summed E-state index contributed by atoms with van der Waals surface area (Å²) in [6.07, 6.45) is 8.78. The van der Waals surface area contributed by atoms with Gasteiger partial charge in [0, 0.05) is 52.2 Å². The van der Waals surface area contributed by atoms with Crippen LogP contribution in [0, 0.1) is 0 Å². The van der Waals surface area contributed by atoms with Gasteiger partial charge < -0.3 is 4.90 Å². The van der Waals surface area contributed by atoms with Crippen molar-refractivity contribution in [2.45, 2.75) is 19.3 Å². The molecule has 0 radical (unpaired) electrons. The molecule has 5 nitrogen and oxygen atoms in total. The van der Waals surface area contributed by atoms with E-state index in [9.17, 15) is 0 Å². The molecule has 0 N–H and O–H groups in total. The zero-order chi connectivity index (χ0) is 26.8. The first-order chi connectivity index (χ1) is 19.6. The molecule has 0 bridgehead atoms. The lowest BCUT2D eigenvalue weighted by Gasteiger charge is -2.42. The lowest BCUT2D eigenvalue weighted by atomic mass is 9.73. The first-order valence-electron chi connectivity index (χ1n) is 13.5. The molecule has 0 fully saturated rings. The number of nitrogens with zero attached hydrogens (tertiary/aromatic N) is 5. The molecule has 5 aromatic carbocycles. The van der Waals surface area contributed by atoms with Crippen molar-refractivity contribution >= 4 is 49.6 Å². The largest absolute Gasteiger partial charge is 0.310 e. The van der Waals surface area contributed by atoms with Crippen molar-refractivity contribution in [1.29, 1.82) is 0 Å². The van der Waals surface area contributed by atoms with Crippen molar-refractivity contribution in [3.05, 3.63) is 127 Å². The van der Waals surface area contributed by atoms with E-state index in [1.54, 1.807) is 18.7 Å². The van der Waals surface area contributed by atoms with Gasteiger partial charge in [-0.2, -0.15) is 0 Å². The minimum absolute atomic E-state index is 0.101.